The predicted molar refractivity (Wildman–Crippen MR) is 147 cm³/mol. The number of rotatable bonds is 12. The van der Waals surface area contributed by atoms with Crippen LogP contribution in [0.15, 0.2) is 11.6 Å². The minimum absolute atomic E-state index is 0.0390. The highest BCUT2D eigenvalue weighted by Crippen LogP contribution is 2.66. The molecule has 0 aliphatic heterocycles. The molecule has 3 fully saturated rings. The smallest absolute Gasteiger partial charge is 0.306 e. The van der Waals surface area contributed by atoms with E-state index in [1.165, 1.54) is 83.5 Å². The van der Waals surface area contributed by atoms with Gasteiger partial charge in [0.15, 0.2) is 0 Å². The van der Waals surface area contributed by atoms with E-state index in [0.29, 0.717) is 17.3 Å². The molecule has 0 N–H and O–H groups in total. The normalized spacial score (nSPS) is 38.3. The summed E-state index contributed by atoms with van der Waals surface area (Å²) in [6.07, 6.45) is 27.1. The summed E-state index contributed by atoms with van der Waals surface area (Å²) in [5.41, 5.74) is 2.59. The molecule has 4 aliphatic carbocycles. The van der Waals surface area contributed by atoms with Crippen LogP contribution in [0, 0.1) is 34.5 Å². The van der Waals surface area contributed by atoms with Crippen LogP contribution >= 0.6 is 0 Å². The highest BCUT2D eigenvalue weighted by atomic mass is 16.5. The quantitative estimate of drug-likeness (QED) is 0.156. The van der Waals surface area contributed by atoms with Crippen molar-refractivity contribution in [2.45, 2.75) is 156 Å². The number of unbranched alkanes of at least 4 members (excludes halogenated alkanes) is 7. The molecule has 200 valence electrons. The van der Waals surface area contributed by atoms with Crippen molar-refractivity contribution in [3.8, 4) is 0 Å². The molecule has 0 aromatic heterocycles. The van der Waals surface area contributed by atoms with Gasteiger partial charge in [-0.1, -0.05) is 90.7 Å². The van der Waals surface area contributed by atoms with Gasteiger partial charge in [-0.2, -0.15) is 0 Å². The Morgan fingerprint density at radius 3 is 2.43 bits per heavy atom. The molecule has 7 atom stereocenters. The highest BCUT2D eigenvalue weighted by molar-refractivity contribution is 5.69. The average Bonchev–Trinajstić information content (AvgIpc) is 3.18. The maximum absolute atomic E-state index is 12.3. The highest BCUT2D eigenvalue weighted by Gasteiger charge is 2.58. The summed E-state index contributed by atoms with van der Waals surface area (Å²) in [7, 11) is 0. The number of carbonyl (C=O) groups excluding carboxylic acids is 1. The first-order valence-corrected chi connectivity index (χ1v) is 15.8. The van der Waals surface area contributed by atoms with Gasteiger partial charge in [0.2, 0.25) is 0 Å². The number of fused-ring (bicyclic) bond motifs is 5. The zero-order chi connectivity index (χ0) is 24.9. The predicted octanol–water partition coefficient (Wildman–Crippen LogP) is 9.81. The molecule has 0 spiro atoms. The van der Waals surface area contributed by atoms with Crippen LogP contribution in [-0.2, 0) is 9.53 Å². The number of esters is 1. The van der Waals surface area contributed by atoms with E-state index >= 15 is 0 Å². The molecule has 3 saturated carbocycles. The second-order valence-electron chi connectivity index (χ2n) is 13.4. The zero-order valence-corrected chi connectivity index (χ0v) is 23.7. The van der Waals surface area contributed by atoms with Crippen molar-refractivity contribution >= 4 is 5.97 Å². The maximum Gasteiger partial charge on any atom is 0.306 e. The third-order valence-corrected chi connectivity index (χ3v) is 11.4. The Morgan fingerprint density at radius 2 is 1.63 bits per heavy atom. The molecule has 0 saturated heterocycles. The van der Waals surface area contributed by atoms with Gasteiger partial charge < -0.3 is 4.74 Å². The second-order valence-corrected chi connectivity index (χ2v) is 13.4. The fraction of sp³-hybridized carbons (Fsp3) is 0.909. The van der Waals surface area contributed by atoms with E-state index in [1.807, 2.05) is 0 Å². The lowest BCUT2D eigenvalue weighted by Crippen LogP contribution is -2.50. The Labute approximate surface area is 217 Å². The monoisotopic (exact) mass is 484 g/mol. The minimum atomic E-state index is 0.0390. The van der Waals surface area contributed by atoms with Gasteiger partial charge in [0.1, 0.15) is 6.10 Å². The molecule has 2 heteroatoms. The lowest BCUT2D eigenvalue weighted by molar-refractivity contribution is -0.151. The Bertz CT molecular complexity index is 725. The minimum Gasteiger partial charge on any atom is -0.462 e. The molecule has 0 radical (unpaired) electrons. The lowest BCUT2D eigenvalue weighted by Gasteiger charge is -2.58. The first-order chi connectivity index (χ1) is 16.9. The summed E-state index contributed by atoms with van der Waals surface area (Å²) >= 11 is 0. The molecule has 7 unspecified atom stereocenters. The molecule has 0 amide bonds. The Hall–Kier alpha value is -0.790. The van der Waals surface area contributed by atoms with E-state index in [4.69, 9.17) is 4.74 Å². The van der Waals surface area contributed by atoms with E-state index in [9.17, 15) is 4.79 Å². The Kier molecular flexibility index (Phi) is 9.47. The number of allylic oxidation sites excluding steroid dienone is 1. The first kappa shape index (κ1) is 27.3. The van der Waals surface area contributed by atoms with Crippen LogP contribution < -0.4 is 0 Å². The van der Waals surface area contributed by atoms with Gasteiger partial charge >= 0.3 is 5.97 Å². The molecule has 4 rings (SSSR count). The summed E-state index contributed by atoms with van der Waals surface area (Å²) in [5.74, 6) is 3.70. The van der Waals surface area contributed by atoms with Crippen molar-refractivity contribution in [1.29, 1.82) is 0 Å². The fourth-order valence-corrected chi connectivity index (χ4v) is 9.25. The van der Waals surface area contributed by atoms with Gasteiger partial charge in [0, 0.05) is 12.8 Å². The maximum atomic E-state index is 12.3. The van der Waals surface area contributed by atoms with E-state index in [1.54, 1.807) is 5.57 Å². The van der Waals surface area contributed by atoms with Crippen LogP contribution in [0.5, 0.6) is 0 Å². The van der Waals surface area contributed by atoms with Crippen LogP contribution in [0.2, 0.25) is 0 Å². The van der Waals surface area contributed by atoms with E-state index in [0.717, 1.165) is 55.8 Å². The van der Waals surface area contributed by atoms with Crippen LogP contribution in [0.25, 0.3) is 0 Å². The van der Waals surface area contributed by atoms with E-state index < -0.39 is 0 Å². The number of hydrogen-bond acceptors (Lipinski definition) is 2. The summed E-state index contributed by atoms with van der Waals surface area (Å²) in [4.78, 5) is 12.3. The van der Waals surface area contributed by atoms with E-state index in [-0.39, 0.29) is 12.1 Å². The van der Waals surface area contributed by atoms with Gasteiger partial charge in [-0.15, -0.1) is 0 Å². The van der Waals surface area contributed by atoms with Gasteiger partial charge in [-0.3, -0.25) is 4.79 Å². The Morgan fingerprint density at radius 1 is 0.886 bits per heavy atom. The van der Waals surface area contributed by atoms with Crippen molar-refractivity contribution < 1.29 is 9.53 Å². The third-order valence-electron chi connectivity index (χ3n) is 11.4. The SMILES string of the molecule is CCCCCCCCC1CCC2C3CC=C4CC(OC(=O)CCCCC)CCC4(C)C3CCC12C. The first-order valence-electron chi connectivity index (χ1n) is 15.8. The summed E-state index contributed by atoms with van der Waals surface area (Å²) < 4.78 is 5.96. The molecule has 0 bridgehead atoms. The molecule has 0 aromatic rings. The molecular weight excluding hydrogens is 428 g/mol. The largest absolute Gasteiger partial charge is 0.462 e. The van der Waals surface area contributed by atoms with Crippen molar-refractivity contribution in [1.82, 2.24) is 0 Å². The average molecular weight is 485 g/mol. The van der Waals surface area contributed by atoms with E-state index in [2.05, 4.69) is 33.8 Å². The lowest BCUT2D eigenvalue weighted by atomic mass is 9.47. The Balaban J connectivity index is 1.33. The van der Waals surface area contributed by atoms with Crippen molar-refractivity contribution in [3.63, 3.8) is 0 Å². The van der Waals surface area contributed by atoms with Gasteiger partial charge in [-0.25, -0.2) is 0 Å². The second kappa shape index (κ2) is 12.2. The molecular formula is C33H56O2. The summed E-state index contributed by atoms with van der Waals surface area (Å²) in [6.45, 7) is 9.78. The molecule has 0 aromatic carbocycles. The van der Waals surface area contributed by atoms with Gasteiger partial charge in [0.05, 0.1) is 0 Å². The van der Waals surface area contributed by atoms with Crippen LogP contribution in [0.1, 0.15) is 150 Å². The fourth-order valence-electron chi connectivity index (χ4n) is 9.25. The van der Waals surface area contributed by atoms with Gasteiger partial charge in [-0.05, 0) is 92.3 Å². The molecule has 35 heavy (non-hydrogen) atoms. The van der Waals surface area contributed by atoms with Gasteiger partial charge in [0.25, 0.3) is 0 Å². The van der Waals surface area contributed by atoms with Crippen LogP contribution in [0.3, 0.4) is 0 Å². The summed E-state index contributed by atoms with van der Waals surface area (Å²) in [6, 6.07) is 0. The number of ether oxygens (including phenoxy) is 1. The summed E-state index contributed by atoms with van der Waals surface area (Å²) in [5, 5.41) is 0. The van der Waals surface area contributed by atoms with Crippen molar-refractivity contribution in [3.05, 3.63) is 11.6 Å². The molecule has 4 aliphatic rings. The zero-order valence-electron chi connectivity index (χ0n) is 23.7. The molecule has 0 heterocycles. The topological polar surface area (TPSA) is 26.3 Å². The van der Waals surface area contributed by atoms with Crippen molar-refractivity contribution in [2.75, 3.05) is 0 Å². The third kappa shape index (κ3) is 5.87. The number of hydrogen-bond donors (Lipinski definition) is 0. The van der Waals surface area contributed by atoms with Crippen LogP contribution in [0.4, 0.5) is 0 Å². The number of carbonyl (C=O) groups is 1. The molecule has 2 nitrogen and oxygen atoms in total. The van der Waals surface area contributed by atoms with Crippen LogP contribution in [-0.4, -0.2) is 12.1 Å². The standard InChI is InChI=1S/C33H56O2/c1-5-7-9-10-11-13-14-25-17-19-29-28-18-16-26-24-27(35-31(34)15-12-8-6-2)20-22-33(26,4)30(28)21-23-32(25,29)3/h16,25,27-30H,5-15,17-24H2,1-4H3. The van der Waals surface area contributed by atoms with Crippen molar-refractivity contribution in [2.24, 2.45) is 34.5 Å².